The third-order valence-corrected chi connectivity index (χ3v) is 3.21. The number of amides is 1. The van der Waals surface area contributed by atoms with Gasteiger partial charge in [0.2, 0.25) is 0 Å². The minimum absolute atomic E-state index is 0.357. The Bertz CT molecular complexity index is 420. The maximum Gasteiger partial charge on any atom is 0.415 e. The number of rotatable bonds is 1. The average Bonchev–Trinajstić information content (AvgIpc) is 2.35. The van der Waals surface area contributed by atoms with E-state index in [4.69, 9.17) is 27.9 Å². The average molecular weight is 275 g/mol. The number of carbonyl (C=O) groups is 1. The van der Waals surface area contributed by atoms with Crippen molar-refractivity contribution in [3.05, 3.63) is 28.2 Å². The maximum absolute atomic E-state index is 11.8. The topological polar surface area (TPSA) is 41.6 Å². The molecule has 1 aliphatic rings. The first-order valence-electron chi connectivity index (χ1n) is 5.29. The number of carbonyl (C=O) groups excluding carboxylic acids is 1. The number of hydrogen-bond acceptors (Lipinski definition) is 3. The van der Waals surface area contributed by atoms with Crippen molar-refractivity contribution in [1.29, 1.82) is 0 Å². The quantitative estimate of drug-likeness (QED) is 0.855. The predicted molar refractivity (Wildman–Crippen MR) is 66.9 cm³/mol. The molecule has 17 heavy (non-hydrogen) atoms. The molecule has 0 spiro atoms. The smallest absolute Gasteiger partial charge is 0.410 e. The van der Waals surface area contributed by atoms with Crippen LogP contribution < -0.4 is 10.1 Å². The van der Waals surface area contributed by atoms with Crippen molar-refractivity contribution in [3.8, 4) is 5.75 Å². The lowest BCUT2D eigenvalue weighted by molar-refractivity contribution is 0.146. The fourth-order valence-electron chi connectivity index (χ4n) is 1.55. The van der Waals surface area contributed by atoms with Crippen molar-refractivity contribution in [2.24, 2.45) is 0 Å². The zero-order valence-corrected chi connectivity index (χ0v) is 10.6. The Morgan fingerprint density at radius 3 is 2.59 bits per heavy atom. The van der Waals surface area contributed by atoms with Crippen LogP contribution in [0.15, 0.2) is 18.2 Å². The third kappa shape index (κ3) is 3.25. The summed E-state index contributed by atoms with van der Waals surface area (Å²) in [5.41, 5.74) is 0. The number of nitrogens with zero attached hydrogens (tertiary/aromatic N) is 1. The van der Waals surface area contributed by atoms with Crippen molar-refractivity contribution in [2.45, 2.75) is 0 Å². The van der Waals surface area contributed by atoms with Gasteiger partial charge in [0.05, 0.1) is 10.0 Å². The lowest BCUT2D eigenvalue weighted by Crippen LogP contribution is -2.47. The highest BCUT2D eigenvalue weighted by atomic mass is 35.5. The summed E-state index contributed by atoms with van der Waals surface area (Å²) in [6, 6.07) is 4.75. The van der Waals surface area contributed by atoms with Gasteiger partial charge in [0, 0.05) is 32.2 Å². The molecular formula is C11H12Cl2N2O2. The molecule has 1 aromatic rings. The molecule has 2 rings (SSSR count). The molecule has 1 saturated heterocycles. The van der Waals surface area contributed by atoms with E-state index in [1.807, 2.05) is 0 Å². The van der Waals surface area contributed by atoms with E-state index in [1.165, 1.54) is 6.07 Å². The monoisotopic (exact) mass is 274 g/mol. The number of hydrogen-bond donors (Lipinski definition) is 1. The lowest BCUT2D eigenvalue weighted by atomic mass is 10.3. The standard InChI is InChI=1S/C11H12Cl2N2O2/c12-9-2-1-8(7-10(9)13)17-11(16)15-5-3-14-4-6-15/h1-2,7,14H,3-6H2. The van der Waals surface area contributed by atoms with Crippen LogP contribution in [0.2, 0.25) is 10.0 Å². The molecule has 1 amide bonds. The van der Waals surface area contributed by atoms with Crippen molar-refractivity contribution in [1.82, 2.24) is 10.2 Å². The Labute approximate surface area is 109 Å². The highest BCUT2D eigenvalue weighted by Gasteiger charge is 2.18. The van der Waals surface area contributed by atoms with Crippen LogP contribution in [0.4, 0.5) is 4.79 Å². The van der Waals surface area contributed by atoms with E-state index in [2.05, 4.69) is 5.32 Å². The first kappa shape index (κ1) is 12.5. The molecule has 0 radical (unpaired) electrons. The van der Waals surface area contributed by atoms with Crippen LogP contribution in [0.25, 0.3) is 0 Å². The van der Waals surface area contributed by atoms with Gasteiger partial charge < -0.3 is 15.0 Å². The van der Waals surface area contributed by atoms with Crippen LogP contribution in [0.1, 0.15) is 0 Å². The molecule has 1 N–H and O–H groups in total. The van der Waals surface area contributed by atoms with Gasteiger partial charge in [-0.15, -0.1) is 0 Å². The molecule has 0 bridgehead atoms. The number of nitrogens with one attached hydrogen (secondary N) is 1. The van der Waals surface area contributed by atoms with Gasteiger partial charge in [-0.2, -0.15) is 0 Å². The van der Waals surface area contributed by atoms with Gasteiger partial charge in [0.15, 0.2) is 0 Å². The van der Waals surface area contributed by atoms with E-state index in [-0.39, 0.29) is 6.09 Å². The fourth-order valence-corrected chi connectivity index (χ4v) is 1.84. The summed E-state index contributed by atoms with van der Waals surface area (Å²) in [7, 11) is 0. The third-order valence-electron chi connectivity index (χ3n) is 2.47. The molecule has 0 aliphatic carbocycles. The number of ether oxygens (including phenoxy) is 1. The maximum atomic E-state index is 11.8. The van der Waals surface area contributed by atoms with Gasteiger partial charge in [-0.05, 0) is 12.1 Å². The zero-order valence-electron chi connectivity index (χ0n) is 9.08. The Balaban J connectivity index is 1.99. The van der Waals surface area contributed by atoms with Crippen LogP contribution in [0.3, 0.4) is 0 Å². The zero-order chi connectivity index (χ0) is 12.3. The summed E-state index contributed by atoms with van der Waals surface area (Å²) in [5, 5.41) is 3.97. The minimum atomic E-state index is -0.357. The van der Waals surface area contributed by atoms with Crippen LogP contribution in [-0.4, -0.2) is 37.2 Å². The van der Waals surface area contributed by atoms with Gasteiger partial charge in [0.25, 0.3) is 0 Å². The van der Waals surface area contributed by atoms with Crippen LogP contribution in [-0.2, 0) is 0 Å². The number of halogens is 2. The summed E-state index contributed by atoms with van der Waals surface area (Å²) in [5.74, 6) is 0.405. The number of benzene rings is 1. The molecule has 0 unspecified atom stereocenters. The Kier molecular flexibility index (Phi) is 4.10. The molecule has 92 valence electrons. The molecule has 0 aromatic heterocycles. The highest BCUT2D eigenvalue weighted by Crippen LogP contribution is 2.26. The van der Waals surface area contributed by atoms with E-state index in [0.29, 0.717) is 28.9 Å². The first-order chi connectivity index (χ1) is 8.16. The summed E-state index contributed by atoms with van der Waals surface area (Å²) in [6.45, 7) is 2.88. The normalized spacial score (nSPS) is 15.8. The molecule has 4 nitrogen and oxygen atoms in total. The summed E-state index contributed by atoms with van der Waals surface area (Å²) >= 11 is 11.6. The van der Waals surface area contributed by atoms with Crippen molar-refractivity contribution in [2.75, 3.05) is 26.2 Å². The van der Waals surface area contributed by atoms with Gasteiger partial charge >= 0.3 is 6.09 Å². The second-order valence-corrected chi connectivity index (χ2v) is 4.50. The largest absolute Gasteiger partial charge is 0.415 e. The first-order valence-corrected chi connectivity index (χ1v) is 6.05. The fraction of sp³-hybridized carbons (Fsp3) is 0.364. The Hall–Kier alpha value is -0.970. The van der Waals surface area contributed by atoms with Crippen LogP contribution >= 0.6 is 23.2 Å². The van der Waals surface area contributed by atoms with Crippen LogP contribution in [0.5, 0.6) is 5.75 Å². The van der Waals surface area contributed by atoms with E-state index < -0.39 is 0 Å². The van der Waals surface area contributed by atoms with Gasteiger partial charge in [0.1, 0.15) is 5.75 Å². The van der Waals surface area contributed by atoms with Gasteiger partial charge in [-0.25, -0.2) is 4.79 Å². The van der Waals surface area contributed by atoms with Gasteiger partial charge in [-0.3, -0.25) is 0 Å². The number of piperazine rings is 1. The molecule has 1 aliphatic heterocycles. The summed E-state index contributed by atoms with van der Waals surface area (Å²) in [6.07, 6.45) is -0.357. The van der Waals surface area contributed by atoms with Gasteiger partial charge in [-0.1, -0.05) is 23.2 Å². The lowest BCUT2D eigenvalue weighted by Gasteiger charge is -2.26. The second kappa shape index (κ2) is 5.58. The summed E-state index contributed by atoms with van der Waals surface area (Å²) in [4.78, 5) is 13.4. The van der Waals surface area contributed by atoms with E-state index >= 15 is 0 Å². The van der Waals surface area contributed by atoms with E-state index in [1.54, 1.807) is 17.0 Å². The highest BCUT2D eigenvalue weighted by molar-refractivity contribution is 6.42. The molecule has 0 atom stereocenters. The summed E-state index contributed by atoms with van der Waals surface area (Å²) < 4.78 is 5.21. The van der Waals surface area contributed by atoms with Crippen molar-refractivity contribution >= 4 is 29.3 Å². The predicted octanol–water partition coefficient (Wildman–Crippen LogP) is 2.40. The van der Waals surface area contributed by atoms with Crippen molar-refractivity contribution < 1.29 is 9.53 Å². The second-order valence-electron chi connectivity index (χ2n) is 3.68. The Morgan fingerprint density at radius 1 is 1.24 bits per heavy atom. The molecule has 1 fully saturated rings. The van der Waals surface area contributed by atoms with E-state index in [9.17, 15) is 4.79 Å². The minimum Gasteiger partial charge on any atom is -0.410 e. The van der Waals surface area contributed by atoms with Crippen LogP contribution in [0, 0.1) is 0 Å². The Morgan fingerprint density at radius 2 is 1.94 bits per heavy atom. The molecule has 1 heterocycles. The van der Waals surface area contributed by atoms with E-state index in [0.717, 1.165) is 13.1 Å². The molecule has 0 saturated carbocycles. The van der Waals surface area contributed by atoms with Crippen molar-refractivity contribution in [3.63, 3.8) is 0 Å². The molecule has 1 aromatic carbocycles. The molecule has 6 heteroatoms. The molecular weight excluding hydrogens is 263 g/mol. The SMILES string of the molecule is O=C(Oc1ccc(Cl)c(Cl)c1)N1CCNCC1.